The Morgan fingerprint density at radius 1 is 0.955 bits per heavy atom. The van der Waals surface area contributed by atoms with Crippen molar-refractivity contribution in [1.29, 1.82) is 0 Å². The normalized spacial score (nSPS) is 10.4. The summed E-state index contributed by atoms with van der Waals surface area (Å²) in [5.41, 5.74) is 2.88. The molecule has 0 aliphatic rings. The Morgan fingerprint density at radius 3 is 2.36 bits per heavy atom. The molecule has 2 aromatic carbocycles. The summed E-state index contributed by atoms with van der Waals surface area (Å²) in [7, 11) is 1.73. The summed E-state index contributed by atoms with van der Waals surface area (Å²) in [6, 6.07) is 17.7. The number of rotatable bonds is 3. The van der Waals surface area contributed by atoms with Crippen LogP contribution in [-0.4, -0.2) is 17.1 Å². The number of hydrogen-bond donors (Lipinski definition) is 3. The second-order valence-corrected chi connectivity index (χ2v) is 4.95. The maximum atomic E-state index is 12.3. The molecular weight excluding hydrogens is 276 g/mol. The van der Waals surface area contributed by atoms with Crippen LogP contribution in [0.2, 0.25) is 0 Å². The predicted octanol–water partition coefficient (Wildman–Crippen LogP) is 3.46. The molecule has 3 N–H and O–H groups in total. The molecule has 3 rings (SSSR count). The van der Waals surface area contributed by atoms with E-state index in [9.17, 15) is 9.90 Å². The molecule has 0 bridgehead atoms. The molecule has 0 amide bonds. The molecule has 0 unspecified atom stereocenters. The average molecular weight is 292 g/mol. The summed E-state index contributed by atoms with van der Waals surface area (Å²) in [5.74, 6) is 0.284. The molecule has 0 atom stereocenters. The molecule has 0 spiro atoms. The van der Waals surface area contributed by atoms with Gasteiger partial charge in [-0.1, -0.05) is 48.5 Å². The molecule has 3 aromatic rings. The van der Waals surface area contributed by atoms with E-state index in [4.69, 9.17) is 0 Å². The van der Waals surface area contributed by atoms with E-state index in [1.807, 2.05) is 54.6 Å². The van der Waals surface area contributed by atoms with Gasteiger partial charge < -0.3 is 15.4 Å². The standard InChI is InChI=1S/C18H16N2O2/c1-19-18-16(17(22)15(21)11-20-18)14-9-5-8-13(10-14)12-6-3-2-4-7-12/h2-11,21H,1H3,(H2,19,20,22). The lowest BCUT2D eigenvalue weighted by molar-refractivity contribution is 0.468. The number of H-pyrrole nitrogens is 1. The molecule has 1 heterocycles. The van der Waals surface area contributed by atoms with Gasteiger partial charge in [-0.2, -0.15) is 0 Å². The summed E-state index contributed by atoms with van der Waals surface area (Å²) in [6.07, 6.45) is 1.29. The SMILES string of the molecule is CNc1[nH]cc(O)c(=O)c1-c1cccc(-c2ccccc2)c1. The van der Waals surface area contributed by atoms with Crippen molar-refractivity contribution in [1.82, 2.24) is 4.98 Å². The molecule has 0 aliphatic heterocycles. The summed E-state index contributed by atoms with van der Waals surface area (Å²) < 4.78 is 0. The molecule has 0 saturated carbocycles. The smallest absolute Gasteiger partial charge is 0.233 e. The molecule has 22 heavy (non-hydrogen) atoms. The molecule has 110 valence electrons. The van der Waals surface area contributed by atoms with Crippen LogP contribution in [0.15, 0.2) is 65.6 Å². The predicted molar refractivity (Wildman–Crippen MR) is 89.1 cm³/mol. The Bertz CT molecular complexity index is 854. The van der Waals surface area contributed by atoms with Gasteiger partial charge in [-0.3, -0.25) is 4.79 Å². The van der Waals surface area contributed by atoms with E-state index in [1.165, 1.54) is 6.20 Å². The zero-order valence-corrected chi connectivity index (χ0v) is 12.1. The number of pyridine rings is 1. The maximum Gasteiger partial charge on any atom is 0.233 e. The van der Waals surface area contributed by atoms with Gasteiger partial charge in [-0.15, -0.1) is 0 Å². The molecule has 1 aromatic heterocycles. The first-order valence-electron chi connectivity index (χ1n) is 6.99. The second-order valence-electron chi connectivity index (χ2n) is 4.95. The third-order valence-corrected chi connectivity index (χ3v) is 3.57. The third-order valence-electron chi connectivity index (χ3n) is 3.57. The Balaban J connectivity index is 2.19. The fourth-order valence-electron chi connectivity index (χ4n) is 2.48. The summed E-state index contributed by atoms with van der Waals surface area (Å²) >= 11 is 0. The van der Waals surface area contributed by atoms with E-state index >= 15 is 0 Å². The van der Waals surface area contributed by atoms with Crippen LogP contribution in [0.4, 0.5) is 5.82 Å². The number of aromatic nitrogens is 1. The van der Waals surface area contributed by atoms with Gasteiger partial charge >= 0.3 is 0 Å². The first kappa shape index (κ1) is 13.9. The van der Waals surface area contributed by atoms with Crippen LogP contribution >= 0.6 is 0 Å². The fraction of sp³-hybridized carbons (Fsp3) is 0.0556. The summed E-state index contributed by atoms with van der Waals surface area (Å²) in [6.45, 7) is 0. The second kappa shape index (κ2) is 5.77. The van der Waals surface area contributed by atoms with Crippen molar-refractivity contribution < 1.29 is 5.11 Å². The number of benzene rings is 2. The highest BCUT2D eigenvalue weighted by molar-refractivity contribution is 5.79. The lowest BCUT2D eigenvalue weighted by atomic mass is 9.99. The van der Waals surface area contributed by atoms with E-state index < -0.39 is 5.43 Å². The van der Waals surface area contributed by atoms with E-state index in [1.54, 1.807) is 7.05 Å². The van der Waals surface area contributed by atoms with Gasteiger partial charge in [0, 0.05) is 13.2 Å². The molecule has 0 saturated heterocycles. The Hall–Kier alpha value is -3.01. The van der Waals surface area contributed by atoms with Crippen LogP contribution in [0.3, 0.4) is 0 Å². The van der Waals surface area contributed by atoms with Gasteiger partial charge in [0.2, 0.25) is 5.43 Å². The van der Waals surface area contributed by atoms with Crippen LogP contribution in [-0.2, 0) is 0 Å². The average Bonchev–Trinajstić information content (AvgIpc) is 2.58. The molecule has 4 heteroatoms. The van der Waals surface area contributed by atoms with Crippen LogP contribution in [0.1, 0.15) is 0 Å². The van der Waals surface area contributed by atoms with Crippen molar-refractivity contribution >= 4 is 5.82 Å². The lowest BCUT2D eigenvalue weighted by Crippen LogP contribution is -2.09. The molecule has 0 aliphatic carbocycles. The van der Waals surface area contributed by atoms with Gasteiger partial charge in [-0.25, -0.2) is 0 Å². The van der Waals surface area contributed by atoms with Gasteiger partial charge in [0.05, 0.1) is 5.56 Å². The van der Waals surface area contributed by atoms with Crippen LogP contribution in [0, 0.1) is 0 Å². The molecule has 0 radical (unpaired) electrons. The van der Waals surface area contributed by atoms with Crippen molar-refractivity contribution in [2.24, 2.45) is 0 Å². The lowest BCUT2D eigenvalue weighted by Gasteiger charge is -2.10. The molecule has 4 nitrogen and oxygen atoms in total. The number of nitrogens with one attached hydrogen (secondary N) is 2. The molecule has 0 fully saturated rings. The minimum Gasteiger partial charge on any atom is -0.503 e. The van der Waals surface area contributed by atoms with Crippen LogP contribution in [0.25, 0.3) is 22.3 Å². The van der Waals surface area contributed by atoms with E-state index in [0.717, 1.165) is 16.7 Å². The number of aromatic hydroxyl groups is 1. The minimum atomic E-state index is -0.395. The topological polar surface area (TPSA) is 65.1 Å². The monoisotopic (exact) mass is 292 g/mol. The van der Waals surface area contributed by atoms with Gasteiger partial charge in [0.1, 0.15) is 5.82 Å². The van der Waals surface area contributed by atoms with Crippen molar-refractivity contribution in [2.45, 2.75) is 0 Å². The van der Waals surface area contributed by atoms with Crippen LogP contribution in [0.5, 0.6) is 5.75 Å². The number of anilines is 1. The highest BCUT2D eigenvalue weighted by atomic mass is 16.3. The summed E-state index contributed by atoms with van der Waals surface area (Å²) in [5, 5.41) is 12.7. The van der Waals surface area contributed by atoms with E-state index in [2.05, 4.69) is 10.3 Å². The zero-order chi connectivity index (χ0) is 15.5. The quantitative estimate of drug-likeness (QED) is 0.692. The largest absolute Gasteiger partial charge is 0.503 e. The first-order valence-corrected chi connectivity index (χ1v) is 6.99. The Morgan fingerprint density at radius 2 is 1.64 bits per heavy atom. The number of hydrogen-bond acceptors (Lipinski definition) is 3. The summed E-state index contributed by atoms with van der Waals surface area (Å²) in [4.78, 5) is 15.2. The van der Waals surface area contributed by atoms with E-state index in [-0.39, 0.29) is 5.75 Å². The van der Waals surface area contributed by atoms with Gasteiger partial charge in [0.25, 0.3) is 0 Å². The zero-order valence-electron chi connectivity index (χ0n) is 12.1. The fourth-order valence-corrected chi connectivity index (χ4v) is 2.48. The highest BCUT2D eigenvalue weighted by Crippen LogP contribution is 2.28. The third kappa shape index (κ3) is 2.46. The van der Waals surface area contributed by atoms with Crippen molar-refractivity contribution in [3.63, 3.8) is 0 Å². The van der Waals surface area contributed by atoms with Crippen molar-refractivity contribution in [3.8, 4) is 28.0 Å². The van der Waals surface area contributed by atoms with Crippen LogP contribution < -0.4 is 10.7 Å². The number of aromatic amines is 1. The van der Waals surface area contributed by atoms with Crippen molar-refractivity contribution in [3.05, 3.63) is 71.0 Å². The Labute approximate surface area is 128 Å². The first-order chi connectivity index (χ1) is 10.7. The maximum absolute atomic E-state index is 12.3. The van der Waals surface area contributed by atoms with Gasteiger partial charge in [0.15, 0.2) is 5.75 Å². The van der Waals surface area contributed by atoms with E-state index in [0.29, 0.717) is 11.4 Å². The minimum absolute atomic E-state index is 0.292. The van der Waals surface area contributed by atoms with Gasteiger partial charge in [-0.05, 0) is 22.8 Å². The highest BCUT2D eigenvalue weighted by Gasteiger charge is 2.13. The van der Waals surface area contributed by atoms with Crippen molar-refractivity contribution in [2.75, 3.05) is 12.4 Å². The Kier molecular flexibility index (Phi) is 3.66. The molecular formula is C18H16N2O2.